The number of para-hydroxylation sites is 1. The molecular formula is C23H19FN2O3. The van der Waals surface area contributed by atoms with Crippen molar-refractivity contribution >= 4 is 5.69 Å². The van der Waals surface area contributed by atoms with Crippen molar-refractivity contribution in [2.24, 2.45) is 0 Å². The number of ether oxygens (including phenoxy) is 3. The Balaban J connectivity index is 1.44. The number of hydrogen-bond donors (Lipinski definition) is 0. The van der Waals surface area contributed by atoms with Crippen LogP contribution in [0.2, 0.25) is 0 Å². The minimum absolute atomic E-state index is 0.289. The maximum Gasteiger partial charge on any atom is 0.165 e. The van der Waals surface area contributed by atoms with Gasteiger partial charge in [0.25, 0.3) is 0 Å². The van der Waals surface area contributed by atoms with Crippen molar-refractivity contribution in [2.45, 2.75) is 12.0 Å². The highest BCUT2D eigenvalue weighted by Crippen LogP contribution is 2.54. The first-order valence-electron chi connectivity index (χ1n) is 9.74. The molecule has 146 valence electrons. The van der Waals surface area contributed by atoms with Crippen molar-refractivity contribution < 1.29 is 18.6 Å². The van der Waals surface area contributed by atoms with Crippen LogP contribution in [0.15, 0.2) is 54.9 Å². The number of rotatable bonds is 2. The van der Waals surface area contributed by atoms with E-state index in [0.29, 0.717) is 26.4 Å². The van der Waals surface area contributed by atoms with E-state index in [4.69, 9.17) is 14.2 Å². The van der Waals surface area contributed by atoms with E-state index in [9.17, 15) is 4.39 Å². The minimum Gasteiger partial charge on any atom is -0.492 e. The van der Waals surface area contributed by atoms with Gasteiger partial charge in [-0.3, -0.25) is 4.98 Å². The van der Waals surface area contributed by atoms with Gasteiger partial charge >= 0.3 is 0 Å². The Morgan fingerprint density at radius 2 is 1.76 bits per heavy atom. The molecule has 3 aliphatic rings. The third-order valence-corrected chi connectivity index (χ3v) is 5.99. The van der Waals surface area contributed by atoms with Gasteiger partial charge in [-0.05, 0) is 29.3 Å². The molecule has 1 atom stereocenters. The summed E-state index contributed by atoms with van der Waals surface area (Å²) < 4.78 is 31.4. The van der Waals surface area contributed by atoms with Gasteiger partial charge in [0.1, 0.15) is 31.4 Å². The monoisotopic (exact) mass is 390 g/mol. The summed E-state index contributed by atoms with van der Waals surface area (Å²) in [6.07, 6.45) is 2.95. The first kappa shape index (κ1) is 16.7. The maximum atomic E-state index is 13.7. The lowest BCUT2D eigenvalue weighted by molar-refractivity contribution is 0.171. The molecule has 5 nitrogen and oxygen atoms in total. The fourth-order valence-electron chi connectivity index (χ4n) is 4.75. The molecule has 0 saturated heterocycles. The third-order valence-electron chi connectivity index (χ3n) is 5.99. The van der Waals surface area contributed by atoms with Gasteiger partial charge in [0.2, 0.25) is 0 Å². The normalized spacial score (nSPS) is 21.1. The van der Waals surface area contributed by atoms with E-state index in [1.54, 1.807) is 12.3 Å². The molecule has 29 heavy (non-hydrogen) atoms. The molecule has 0 unspecified atom stereocenters. The molecule has 0 amide bonds. The Kier molecular flexibility index (Phi) is 3.51. The molecule has 0 radical (unpaired) electrons. The van der Waals surface area contributed by atoms with Crippen LogP contribution in [0, 0.1) is 5.82 Å². The first-order valence-corrected chi connectivity index (χ1v) is 9.74. The number of hydrogen-bond acceptors (Lipinski definition) is 5. The molecule has 2 aromatic carbocycles. The lowest BCUT2D eigenvalue weighted by Gasteiger charge is -2.26. The van der Waals surface area contributed by atoms with Crippen LogP contribution in [0.4, 0.5) is 10.1 Å². The first-order chi connectivity index (χ1) is 14.2. The average Bonchev–Trinajstić information content (AvgIpc) is 3.25. The van der Waals surface area contributed by atoms with Crippen molar-refractivity contribution in [3.63, 3.8) is 0 Å². The van der Waals surface area contributed by atoms with E-state index in [1.165, 1.54) is 11.8 Å². The molecule has 6 heteroatoms. The molecule has 0 fully saturated rings. The molecule has 6 rings (SSSR count). The van der Waals surface area contributed by atoms with Crippen LogP contribution in [-0.2, 0) is 12.0 Å². The van der Waals surface area contributed by atoms with Crippen LogP contribution in [0.3, 0.4) is 0 Å². The van der Waals surface area contributed by atoms with Crippen LogP contribution in [-0.4, -0.2) is 31.3 Å². The van der Waals surface area contributed by atoms with Gasteiger partial charge < -0.3 is 19.1 Å². The van der Waals surface area contributed by atoms with Crippen LogP contribution >= 0.6 is 0 Å². The minimum atomic E-state index is -0.317. The summed E-state index contributed by atoms with van der Waals surface area (Å²) in [5, 5.41) is 0. The second kappa shape index (κ2) is 6.11. The van der Waals surface area contributed by atoms with Crippen LogP contribution in [0.5, 0.6) is 17.2 Å². The van der Waals surface area contributed by atoms with Crippen molar-refractivity contribution in [3.05, 3.63) is 77.4 Å². The zero-order valence-corrected chi connectivity index (χ0v) is 15.7. The number of fused-ring (bicyclic) bond motifs is 5. The molecule has 4 heterocycles. The standard InChI is InChI=1S/C23H19FN2O3/c24-16-7-15(10-25-11-16)12-26-13-23(17-3-1-2-4-19(17)26)14-29-20-9-22-21(8-18(20)23)27-5-6-28-22/h1-4,7-11H,5-6,12-14H2/t23-/m0/s1. The summed E-state index contributed by atoms with van der Waals surface area (Å²) in [6, 6.07) is 13.9. The zero-order chi connectivity index (χ0) is 19.4. The predicted molar refractivity (Wildman–Crippen MR) is 105 cm³/mol. The molecular weight excluding hydrogens is 371 g/mol. The summed E-state index contributed by atoms with van der Waals surface area (Å²) >= 11 is 0. The Labute approximate surface area is 167 Å². The molecule has 3 aliphatic heterocycles. The lowest BCUT2D eigenvalue weighted by Crippen LogP contribution is -2.36. The van der Waals surface area contributed by atoms with Gasteiger partial charge in [-0.2, -0.15) is 0 Å². The van der Waals surface area contributed by atoms with Gasteiger partial charge in [0.15, 0.2) is 11.5 Å². The van der Waals surface area contributed by atoms with E-state index in [2.05, 4.69) is 34.1 Å². The van der Waals surface area contributed by atoms with Gasteiger partial charge in [-0.15, -0.1) is 0 Å². The SMILES string of the molecule is Fc1cncc(CN2C[C@]3(COc4cc5c(cc43)OCCO5)c3ccccc32)c1. The highest BCUT2D eigenvalue weighted by atomic mass is 19.1. The van der Waals surface area contributed by atoms with Gasteiger partial charge in [-0.25, -0.2) is 4.39 Å². The number of pyridine rings is 1. The molecule has 0 N–H and O–H groups in total. The molecule has 1 aromatic heterocycles. The fraction of sp³-hybridized carbons (Fsp3) is 0.261. The highest BCUT2D eigenvalue weighted by molar-refractivity contribution is 5.70. The quantitative estimate of drug-likeness (QED) is 0.668. The molecule has 3 aromatic rings. The van der Waals surface area contributed by atoms with E-state index < -0.39 is 0 Å². The highest BCUT2D eigenvalue weighted by Gasteiger charge is 2.50. The number of aromatic nitrogens is 1. The van der Waals surface area contributed by atoms with E-state index >= 15 is 0 Å². The van der Waals surface area contributed by atoms with Crippen LogP contribution in [0.1, 0.15) is 16.7 Å². The van der Waals surface area contributed by atoms with Crippen molar-refractivity contribution in [2.75, 3.05) is 31.3 Å². The second-order valence-electron chi connectivity index (χ2n) is 7.75. The molecule has 0 bridgehead atoms. The fourth-order valence-corrected chi connectivity index (χ4v) is 4.75. The Morgan fingerprint density at radius 1 is 0.931 bits per heavy atom. The lowest BCUT2D eigenvalue weighted by atomic mass is 9.77. The van der Waals surface area contributed by atoms with E-state index in [1.807, 2.05) is 12.1 Å². The van der Waals surface area contributed by atoms with Gasteiger partial charge in [-0.1, -0.05) is 18.2 Å². The maximum absolute atomic E-state index is 13.7. The smallest absolute Gasteiger partial charge is 0.165 e. The largest absolute Gasteiger partial charge is 0.492 e. The van der Waals surface area contributed by atoms with Crippen LogP contribution < -0.4 is 19.1 Å². The Hall–Kier alpha value is -3.28. The summed E-state index contributed by atoms with van der Waals surface area (Å²) in [7, 11) is 0. The summed E-state index contributed by atoms with van der Waals surface area (Å²) in [4.78, 5) is 6.28. The second-order valence-corrected chi connectivity index (χ2v) is 7.75. The Morgan fingerprint density at radius 3 is 2.62 bits per heavy atom. The van der Waals surface area contributed by atoms with Gasteiger partial charge in [0.05, 0.1) is 11.6 Å². The molecule has 1 spiro atoms. The third kappa shape index (κ3) is 2.48. The molecule has 0 saturated carbocycles. The number of benzene rings is 2. The van der Waals surface area contributed by atoms with E-state index in [-0.39, 0.29) is 11.2 Å². The number of anilines is 1. The molecule has 0 aliphatic carbocycles. The summed E-state index contributed by atoms with van der Waals surface area (Å²) in [5.74, 6) is 2.03. The van der Waals surface area contributed by atoms with Crippen molar-refractivity contribution in [1.82, 2.24) is 4.98 Å². The number of nitrogens with zero attached hydrogens (tertiary/aromatic N) is 2. The summed E-state index contributed by atoms with van der Waals surface area (Å²) in [5.41, 5.74) is 4.04. The predicted octanol–water partition coefficient (Wildman–Crippen LogP) is 3.69. The Bertz CT molecular complexity index is 1120. The van der Waals surface area contributed by atoms with Crippen molar-refractivity contribution in [3.8, 4) is 17.2 Å². The number of halogens is 1. The van der Waals surface area contributed by atoms with Crippen molar-refractivity contribution in [1.29, 1.82) is 0 Å². The van der Waals surface area contributed by atoms with Crippen LogP contribution in [0.25, 0.3) is 0 Å². The topological polar surface area (TPSA) is 43.8 Å². The van der Waals surface area contributed by atoms with Gasteiger partial charge in [0, 0.05) is 36.6 Å². The summed E-state index contributed by atoms with van der Waals surface area (Å²) in [6.45, 7) is 2.99. The zero-order valence-electron chi connectivity index (χ0n) is 15.7. The van der Waals surface area contributed by atoms with E-state index in [0.717, 1.165) is 40.6 Å². The average molecular weight is 390 g/mol.